The average Bonchev–Trinajstić information content (AvgIpc) is 3.18. The summed E-state index contributed by atoms with van der Waals surface area (Å²) in [6, 6.07) is 9.32. The van der Waals surface area contributed by atoms with Gasteiger partial charge in [0.15, 0.2) is 0 Å². The number of carbonyl (C=O) groups excluding carboxylic acids is 2. The fourth-order valence-electron chi connectivity index (χ4n) is 5.83. The number of imidazole rings is 1. The molecule has 2 heterocycles. The maximum atomic E-state index is 15.5. The molecular formula is C29H28BrF2N3O3. The van der Waals surface area contributed by atoms with E-state index in [1.165, 1.54) is 23.6 Å². The van der Waals surface area contributed by atoms with E-state index in [4.69, 9.17) is 4.74 Å². The second kappa shape index (κ2) is 8.21. The topological polar surface area (TPSA) is 64.4 Å². The molecular weight excluding hydrogens is 556 g/mol. The highest BCUT2D eigenvalue weighted by Gasteiger charge is 2.55. The first-order valence-corrected chi connectivity index (χ1v) is 13.5. The van der Waals surface area contributed by atoms with E-state index < -0.39 is 23.7 Å². The molecule has 2 fully saturated rings. The molecule has 1 amide bonds. The van der Waals surface area contributed by atoms with Crippen molar-refractivity contribution in [3.8, 4) is 22.4 Å². The first-order chi connectivity index (χ1) is 17.8. The number of hydrogen-bond donors (Lipinski definition) is 0. The quantitative estimate of drug-likeness (QED) is 0.312. The Labute approximate surface area is 228 Å². The van der Waals surface area contributed by atoms with Gasteiger partial charge in [0.25, 0.3) is 5.92 Å². The Kier molecular flexibility index (Phi) is 5.45. The SMILES string of the molecule is CC(=O)n1c(-c2ccc3c(c2)C(F)(F)c2cc(Br)ccc2-3)cnc1[C@@H]1CC2(CC2)CN1C(=O)OC(C)(C)C. The van der Waals surface area contributed by atoms with Gasteiger partial charge in [-0.1, -0.05) is 34.1 Å². The molecule has 0 unspecified atom stereocenters. The summed E-state index contributed by atoms with van der Waals surface area (Å²) in [5, 5.41) is 0. The molecule has 6 nitrogen and oxygen atoms in total. The lowest BCUT2D eigenvalue weighted by Crippen LogP contribution is -2.38. The van der Waals surface area contributed by atoms with Crippen LogP contribution in [0, 0.1) is 5.41 Å². The smallest absolute Gasteiger partial charge is 0.410 e. The molecule has 2 aliphatic carbocycles. The lowest BCUT2D eigenvalue weighted by molar-refractivity contribution is 0.0208. The summed E-state index contributed by atoms with van der Waals surface area (Å²) in [5.74, 6) is -3.04. The van der Waals surface area contributed by atoms with Crippen LogP contribution < -0.4 is 0 Å². The highest BCUT2D eigenvalue weighted by atomic mass is 79.9. The van der Waals surface area contributed by atoms with Crippen molar-refractivity contribution in [1.82, 2.24) is 14.5 Å². The van der Waals surface area contributed by atoms with Gasteiger partial charge in [-0.25, -0.2) is 9.78 Å². The molecule has 1 spiro atoms. The number of nitrogens with zero attached hydrogens (tertiary/aromatic N) is 3. The molecule has 1 saturated carbocycles. The van der Waals surface area contributed by atoms with Gasteiger partial charge in [0.05, 0.1) is 17.9 Å². The average molecular weight is 584 g/mol. The van der Waals surface area contributed by atoms with Crippen LogP contribution in [0.2, 0.25) is 0 Å². The van der Waals surface area contributed by atoms with Gasteiger partial charge in [0, 0.05) is 34.6 Å². The third-order valence-electron chi connectivity index (χ3n) is 7.76. The number of alkyl halides is 2. The molecule has 1 aromatic heterocycles. The maximum Gasteiger partial charge on any atom is 0.410 e. The van der Waals surface area contributed by atoms with E-state index in [9.17, 15) is 9.59 Å². The van der Waals surface area contributed by atoms with Gasteiger partial charge in [0.2, 0.25) is 5.91 Å². The predicted octanol–water partition coefficient (Wildman–Crippen LogP) is 7.56. The summed E-state index contributed by atoms with van der Waals surface area (Å²) in [5.41, 5.74) is 1.06. The van der Waals surface area contributed by atoms with E-state index in [1.54, 1.807) is 35.4 Å². The van der Waals surface area contributed by atoms with Crippen LogP contribution in [-0.2, 0) is 10.7 Å². The molecule has 6 rings (SSSR count). The molecule has 2 aromatic carbocycles. The van der Waals surface area contributed by atoms with Crippen molar-refractivity contribution in [3.05, 3.63) is 64.0 Å². The van der Waals surface area contributed by atoms with Gasteiger partial charge in [0.1, 0.15) is 11.4 Å². The Morgan fingerprint density at radius 1 is 1.08 bits per heavy atom. The minimum absolute atomic E-state index is 0.0188. The van der Waals surface area contributed by atoms with E-state index >= 15 is 8.78 Å². The number of benzene rings is 2. The summed E-state index contributed by atoms with van der Waals surface area (Å²) in [6.45, 7) is 7.42. The van der Waals surface area contributed by atoms with Gasteiger partial charge in [-0.2, -0.15) is 8.78 Å². The number of aromatic nitrogens is 2. The molecule has 198 valence electrons. The lowest BCUT2D eigenvalue weighted by atomic mass is 10.0. The summed E-state index contributed by atoms with van der Waals surface area (Å²) in [7, 11) is 0. The van der Waals surface area contributed by atoms with Crippen molar-refractivity contribution < 1.29 is 23.1 Å². The zero-order valence-corrected chi connectivity index (χ0v) is 23.2. The van der Waals surface area contributed by atoms with Crippen LogP contribution in [0.3, 0.4) is 0 Å². The Bertz CT molecular complexity index is 1500. The molecule has 3 aromatic rings. The van der Waals surface area contributed by atoms with Crippen molar-refractivity contribution in [2.24, 2.45) is 5.41 Å². The summed E-state index contributed by atoms with van der Waals surface area (Å²) >= 11 is 3.30. The highest BCUT2D eigenvalue weighted by Crippen LogP contribution is 2.59. The minimum atomic E-state index is -3.17. The molecule has 0 N–H and O–H groups in total. The van der Waals surface area contributed by atoms with Crippen LogP contribution in [0.1, 0.15) is 74.7 Å². The van der Waals surface area contributed by atoms with Gasteiger partial charge < -0.3 is 4.74 Å². The third kappa shape index (κ3) is 3.97. The van der Waals surface area contributed by atoms with Gasteiger partial charge >= 0.3 is 6.09 Å². The van der Waals surface area contributed by atoms with E-state index in [0.717, 1.165) is 12.8 Å². The fourth-order valence-corrected chi connectivity index (χ4v) is 6.19. The largest absolute Gasteiger partial charge is 0.444 e. The van der Waals surface area contributed by atoms with Crippen LogP contribution >= 0.6 is 15.9 Å². The number of carbonyl (C=O) groups is 2. The summed E-state index contributed by atoms with van der Waals surface area (Å²) in [6.07, 6.45) is 3.80. The Balaban J connectivity index is 1.42. The zero-order chi connectivity index (χ0) is 27.2. The molecule has 1 aliphatic heterocycles. The standard InChI is InChI=1S/C29H28BrF2N3O3/c1-16(36)35-24(17-5-7-19-20-8-6-18(30)12-22(20)29(31,32)21(19)11-17)14-33-25(35)23-13-28(9-10-28)15-34(23)26(37)38-27(2,3)4/h5-8,11-12,14,23H,9-10,13,15H2,1-4H3/t23-/m0/s1. The molecule has 38 heavy (non-hydrogen) atoms. The zero-order valence-electron chi connectivity index (χ0n) is 21.6. The fraction of sp³-hybridized carbons (Fsp3) is 0.414. The molecule has 0 bridgehead atoms. The van der Waals surface area contributed by atoms with E-state index in [0.29, 0.717) is 45.6 Å². The Hall–Kier alpha value is -3.07. The van der Waals surface area contributed by atoms with Crippen molar-refractivity contribution in [3.63, 3.8) is 0 Å². The minimum Gasteiger partial charge on any atom is -0.444 e. The van der Waals surface area contributed by atoms with Gasteiger partial charge in [-0.3, -0.25) is 14.3 Å². The Morgan fingerprint density at radius 2 is 1.74 bits per heavy atom. The number of ether oxygens (including phenoxy) is 1. The molecule has 0 radical (unpaired) electrons. The van der Waals surface area contributed by atoms with Gasteiger partial charge in [-0.15, -0.1) is 0 Å². The molecule has 1 atom stereocenters. The molecule has 3 aliphatic rings. The second-order valence-corrected chi connectivity index (χ2v) is 12.6. The predicted molar refractivity (Wildman–Crippen MR) is 142 cm³/mol. The number of hydrogen-bond acceptors (Lipinski definition) is 4. The van der Waals surface area contributed by atoms with Crippen LogP contribution in [-0.4, -0.2) is 38.6 Å². The normalized spacial score (nSPS) is 20.4. The number of amides is 1. The van der Waals surface area contributed by atoms with Crippen molar-refractivity contribution >= 4 is 27.9 Å². The number of likely N-dealkylation sites (tertiary alicyclic amines) is 1. The van der Waals surface area contributed by atoms with Crippen LogP contribution in [0.15, 0.2) is 47.1 Å². The Morgan fingerprint density at radius 3 is 2.37 bits per heavy atom. The highest BCUT2D eigenvalue weighted by molar-refractivity contribution is 9.10. The number of halogens is 3. The van der Waals surface area contributed by atoms with Crippen molar-refractivity contribution in [2.75, 3.05) is 6.54 Å². The van der Waals surface area contributed by atoms with E-state index in [1.807, 2.05) is 20.8 Å². The summed E-state index contributed by atoms with van der Waals surface area (Å²) < 4.78 is 38.8. The number of fused-ring (bicyclic) bond motifs is 3. The monoisotopic (exact) mass is 583 g/mol. The van der Waals surface area contributed by atoms with E-state index in [-0.39, 0.29) is 22.4 Å². The number of rotatable bonds is 2. The molecule has 1 saturated heterocycles. The first-order valence-electron chi connectivity index (χ1n) is 12.7. The first kappa shape index (κ1) is 25.2. The summed E-state index contributed by atoms with van der Waals surface area (Å²) in [4.78, 5) is 32.4. The van der Waals surface area contributed by atoms with Crippen LogP contribution in [0.5, 0.6) is 0 Å². The van der Waals surface area contributed by atoms with Crippen LogP contribution in [0.25, 0.3) is 22.4 Å². The van der Waals surface area contributed by atoms with E-state index in [2.05, 4.69) is 20.9 Å². The molecule has 9 heteroatoms. The van der Waals surface area contributed by atoms with Crippen molar-refractivity contribution in [2.45, 2.75) is 64.5 Å². The van der Waals surface area contributed by atoms with Crippen LogP contribution in [0.4, 0.5) is 13.6 Å². The third-order valence-corrected chi connectivity index (χ3v) is 8.25. The van der Waals surface area contributed by atoms with Gasteiger partial charge in [-0.05, 0) is 74.8 Å². The maximum absolute atomic E-state index is 15.5. The van der Waals surface area contributed by atoms with Crippen molar-refractivity contribution in [1.29, 1.82) is 0 Å². The lowest BCUT2D eigenvalue weighted by Gasteiger charge is -2.28. The second-order valence-electron chi connectivity index (χ2n) is 11.7.